The van der Waals surface area contributed by atoms with Crippen LogP contribution in [-0.4, -0.2) is 58.2 Å². The fourth-order valence-corrected chi connectivity index (χ4v) is 3.80. The van der Waals surface area contributed by atoms with Crippen LogP contribution >= 0.6 is 0 Å². The fourth-order valence-electron chi connectivity index (χ4n) is 3.80. The van der Waals surface area contributed by atoms with E-state index in [1.165, 1.54) is 0 Å². The van der Waals surface area contributed by atoms with Gasteiger partial charge in [0.05, 0.1) is 12.2 Å². The number of β-amino-alcohol motifs (C(OH)–C–C–N with tert-alkyl or cyclic N) is 1. The van der Waals surface area contributed by atoms with E-state index < -0.39 is 0 Å². The van der Waals surface area contributed by atoms with Gasteiger partial charge in [-0.1, -0.05) is 12.1 Å². The van der Waals surface area contributed by atoms with Gasteiger partial charge in [-0.2, -0.15) is 5.26 Å². The first kappa shape index (κ1) is 18.4. The Morgan fingerprint density at radius 3 is 2.71 bits per heavy atom. The number of nitriles is 1. The van der Waals surface area contributed by atoms with E-state index in [1.54, 1.807) is 6.20 Å². The minimum absolute atomic E-state index is 0.0166. The molecule has 0 bridgehead atoms. The summed E-state index contributed by atoms with van der Waals surface area (Å²) in [5, 5.41) is 18.8. The van der Waals surface area contributed by atoms with Crippen LogP contribution in [0.15, 0.2) is 36.5 Å². The molecule has 0 aliphatic carbocycles. The molecule has 2 aliphatic rings. The Balaban J connectivity index is 1.53. The van der Waals surface area contributed by atoms with E-state index in [2.05, 4.69) is 16.0 Å². The van der Waals surface area contributed by atoms with E-state index in [9.17, 15) is 9.90 Å². The summed E-state index contributed by atoms with van der Waals surface area (Å²) in [5.74, 6) is 1.39. The highest BCUT2D eigenvalue weighted by molar-refractivity contribution is 5.95. The molecule has 2 fully saturated rings. The van der Waals surface area contributed by atoms with Crippen molar-refractivity contribution < 1.29 is 9.90 Å². The lowest BCUT2D eigenvalue weighted by molar-refractivity contribution is 0.0707. The molecule has 1 aromatic carbocycles. The molecule has 7 heteroatoms. The number of piperidine rings is 1. The summed E-state index contributed by atoms with van der Waals surface area (Å²) in [5.41, 5.74) is 1.40. The summed E-state index contributed by atoms with van der Waals surface area (Å²) in [4.78, 5) is 25.7. The number of anilines is 1. The number of hydrogen-bond donors (Lipinski definition) is 1. The van der Waals surface area contributed by atoms with E-state index >= 15 is 0 Å². The highest BCUT2D eigenvalue weighted by Gasteiger charge is 2.24. The Morgan fingerprint density at radius 1 is 1.18 bits per heavy atom. The molecule has 3 heterocycles. The average Bonchev–Trinajstić information content (AvgIpc) is 3.20. The lowest BCUT2D eigenvalue weighted by Crippen LogP contribution is -2.38. The smallest absolute Gasteiger partial charge is 0.253 e. The molecule has 2 aromatic rings. The van der Waals surface area contributed by atoms with Crippen LogP contribution in [0.3, 0.4) is 0 Å². The number of hydrogen-bond acceptors (Lipinski definition) is 6. The Labute approximate surface area is 164 Å². The van der Waals surface area contributed by atoms with Gasteiger partial charge >= 0.3 is 0 Å². The van der Waals surface area contributed by atoms with Crippen molar-refractivity contribution in [3.8, 4) is 17.5 Å². The van der Waals surface area contributed by atoms with E-state index in [1.807, 2.05) is 40.1 Å². The molecule has 2 saturated heterocycles. The Hall–Kier alpha value is -2.98. The van der Waals surface area contributed by atoms with Crippen LogP contribution in [0.4, 0.5) is 5.82 Å². The molecule has 1 atom stereocenters. The van der Waals surface area contributed by atoms with Crippen molar-refractivity contribution in [1.29, 1.82) is 5.26 Å². The number of likely N-dealkylation sites (tertiary alicyclic amines) is 1. The molecule has 0 saturated carbocycles. The number of rotatable bonds is 3. The molecular weight excluding hydrogens is 354 g/mol. The normalized spacial score (nSPS) is 20.2. The molecule has 2 aliphatic heterocycles. The Kier molecular flexibility index (Phi) is 5.22. The number of amides is 1. The SMILES string of the molecule is N#CC1CCN(C(=O)c2cccc(-c3nccc(N4CC[C@H](O)C4)n3)c2)CC1. The highest BCUT2D eigenvalue weighted by Crippen LogP contribution is 2.24. The number of benzene rings is 1. The van der Waals surface area contributed by atoms with Gasteiger partial charge in [0.15, 0.2) is 5.82 Å². The number of nitrogens with zero attached hydrogens (tertiary/aromatic N) is 5. The molecule has 0 radical (unpaired) electrons. The van der Waals surface area contributed by atoms with Crippen molar-refractivity contribution in [2.45, 2.75) is 25.4 Å². The fraction of sp³-hybridized carbons (Fsp3) is 0.429. The predicted octanol–water partition coefficient (Wildman–Crippen LogP) is 2.09. The van der Waals surface area contributed by atoms with Crippen LogP contribution in [-0.2, 0) is 0 Å². The number of aromatic nitrogens is 2. The quantitative estimate of drug-likeness (QED) is 0.880. The predicted molar refractivity (Wildman–Crippen MR) is 105 cm³/mol. The standard InChI is InChI=1S/C21H23N5O2/c22-13-15-5-9-25(10-6-15)21(28)17-3-1-2-16(12-17)20-23-8-4-19(24-20)26-11-7-18(27)14-26/h1-4,8,12,15,18,27H,5-7,9-11,14H2/t18-/m0/s1. The van der Waals surface area contributed by atoms with Gasteiger partial charge in [0, 0.05) is 49.4 Å². The zero-order valence-electron chi connectivity index (χ0n) is 15.7. The van der Waals surface area contributed by atoms with Crippen molar-refractivity contribution in [3.63, 3.8) is 0 Å². The summed E-state index contributed by atoms with van der Waals surface area (Å²) < 4.78 is 0. The van der Waals surface area contributed by atoms with Crippen molar-refractivity contribution in [2.24, 2.45) is 5.92 Å². The minimum Gasteiger partial charge on any atom is -0.391 e. The van der Waals surface area contributed by atoms with Gasteiger partial charge in [-0.25, -0.2) is 9.97 Å². The molecule has 1 N–H and O–H groups in total. The molecule has 7 nitrogen and oxygen atoms in total. The Bertz CT molecular complexity index is 902. The van der Waals surface area contributed by atoms with Crippen LogP contribution in [0.2, 0.25) is 0 Å². The van der Waals surface area contributed by atoms with Gasteiger partial charge in [-0.3, -0.25) is 4.79 Å². The number of carbonyl (C=O) groups is 1. The summed E-state index contributed by atoms with van der Waals surface area (Å²) >= 11 is 0. The topological polar surface area (TPSA) is 93.4 Å². The van der Waals surface area contributed by atoms with Crippen LogP contribution < -0.4 is 4.90 Å². The minimum atomic E-state index is -0.315. The van der Waals surface area contributed by atoms with Gasteiger partial charge in [0.25, 0.3) is 5.91 Å². The van der Waals surface area contributed by atoms with E-state index in [0.717, 1.165) is 37.2 Å². The van der Waals surface area contributed by atoms with E-state index in [-0.39, 0.29) is 17.9 Å². The first-order valence-electron chi connectivity index (χ1n) is 9.69. The van der Waals surface area contributed by atoms with Crippen LogP contribution in [0.1, 0.15) is 29.6 Å². The van der Waals surface area contributed by atoms with Crippen molar-refractivity contribution in [3.05, 3.63) is 42.1 Å². The van der Waals surface area contributed by atoms with Crippen LogP contribution in [0.5, 0.6) is 0 Å². The largest absolute Gasteiger partial charge is 0.391 e. The summed E-state index contributed by atoms with van der Waals surface area (Å²) in [6.07, 6.45) is 3.60. The third-order valence-electron chi connectivity index (χ3n) is 5.46. The lowest BCUT2D eigenvalue weighted by atomic mass is 9.98. The lowest BCUT2D eigenvalue weighted by Gasteiger charge is -2.29. The van der Waals surface area contributed by atoms with Gasteiger partial charge in [0.2, 0.25) is 0 Å². The van der Waals surface area contributed by atoms with E-state index in [0.29, 0.717) is 31.0 Å². The molecular formula is C21H23N5O2. The number of aliphatic hydroxyl groups excluding tert-OH is 1. The monoisotopic (exact) mass is 377 g/mol. The molecule has 144 valence electrons. The van der Waals surface area contributed by atoms with Crippen LogP contribution in [0, 0.1) is 17.2 Å². The maximum Gasteiger partial charge on any atom is 0.253 e. The third-order valence-corrected chi connectivity index (χ3v) is 5.46. The van der Waals surface area contributed by atoms with Gasteiger partial charge in [-0.15, -0.1) is 0 Å². The Morgan fingerprint density at radius 2 is 2.00 bits per heavy atom. The number of aliphatic hydroxyl groups is 1. The maximum absolute atomic E-state index is 12.9. The molecule has 1 amide bonds. The van der Waals surface area contributed by atoms with Gasteiger partial charge in [0.1, 0.15) is 5.82 Å². The van der Waals surface area contributed by atoms with Crippen molar-refractivity contribution in [1.82, 2.24) is 14.9 Å². The molecule has 4 rings (SSSR count). The summed E-state index contributed by atoms with van der Waals surface area (Å²) in [6.45, 7) is 2.58. The maximum atomic E-state index is 12.9. The zero-order valence-corrected chi connectivity index (χ0v) is 15.7. The van der Waals surface area contributed by atoms with Crippen molar-refractivity contribution >= 4 is 11.7 Å². The van der Waals surface area contributed by atoms with E-state index in [4.69, 9.17) is 5.26 Å². The second-order valence-electron chi connectivity index (χ2n) is 7.40. The number of carbonyl (C=O) groups excluding carboxylic acids is 1. The second kappa shape index (κ2) is 7.95. The van der Waals surface area contributed by atoms with Gasteiger partial charge < -0.3 is 14.9 Å². The summed E-state index contributed by atoms with van der Waals surface area (Å²) in [7, 11) is 0. The average molecular weight is 377 g/mol. The third kappa shape index (κ3) is 3.82. The van der Waals surface area contributed by atoms with Crippen molar-refractivity contribution in [2.75, 3.05) is 31.1 Å². The van der Waals surface area contributed by atoms with Crippen LogP contribution in [0.25, 0.3) is 11.4 Å². The zero-order chi connectivity index (χ0) is 19.5. The molecule has 28 heavy (non-hydrogen) atoms. The first-order chi connectivity index (χ1) is 13.6. The summed E-state index contributed by atoms with van der Waals surface area (Å²) in [6, 6.07) is 11.5. The van der Waals surface area contributed by atoms with Gasteiger partial charge in [-0.05, 0) is 37.5 Å². The molecule has 0 spiro atoms. The molecule has 0 unspecified atom stereocenters. The highest BCUT2D eigenvalue weighted by atomic mass is 16.3. The second-order valence-corrected chi connectivity index (χ2v) is 7.40. The first-order valence-corrected chi connectivity index (χ1v) is 9.69. The molecule has 1 aromatic heterocycles.